The van der Waals surface area contributed by atoms with E-state index in [2.05, 4.69) is 44.3 Å². The maximum Gasteiger partial charge on any atom is 0.0132 e. The molecular formula is C12H26N2S. The molecule has 0 radical (unpaired) electrons. The Hall–Kier alpha value is 0.270. The first-order valence-electron chi connectivity index (χ1n) is 5.99. The summed E-state index contributed by atoms with van der Waals surface area (Å²) in [6.45, 7) is 8.22. The molecule has 0 spiro atoms. The molecule has 0 amide bonds. The number of likely N-dealkylation sites (tertiary alicyclic amines) is 1. The van der Waals surface area contributed by atoms with Gasteiger partial charge in [-0.25, -0.2) is 0 Å². The molecule has 1 rings (SSSR count). The molecule has 3 heteroatoms. The average molecular weight is 230 g/mol. The van der Waals surface area contributed by atoms with Crippen molar-refractivity contribution in [3.05, 3.63) is 0 Å². The van der Waals surface area contributed by atoms with Gasteiger partial charge in [0, 0.05) is 30.4 Å². The van der Waals surface area contributed by atoms with Crippen molar-refractivity contribution >= 4 is 11.8 Å². The lowest BCUT2D eigenvalue weighted by atomic mass is 9.89. The van der Waals surface area contributed by atoms with Crippen LogP contribution in [0.4, 0.5) is 0 Å². The highest BCUT2D eigenvalue weighted by atomic mass is 32.2. The number of rotatable bonds is 4. The van der Waals surface area contributed by atoms with Gasteiger partial charge in [-0.2, -0.15) is 11.8 Å². The molecule has 4 atom stereocenters. The molecule has 0 aliphatic carbocycles. The number of nitrogens with zero attached hydrogens (tertiary/aromatic N) is 1. The second kappa shape index (κ2) is 6.12. The van der Waals surface area contributed by atoms with Crippen LogP contribution in [-0.4, -0.2) is 48.6 Å². The Labute approximate surface area is 99.2 Å². The van der Waals surface area contributed by atoms with Crippen LogP contribution in [-0.2, 0) is 0 Å². The van der Waals surface area contributed by atoms with Crippen LogP contribution in [0.25, 0.3) is 0 Å². The normalized spacial score (nSPS) is 35.4. The summed E-state index contributed by atoms with van der Waals surface area (Å²) in [5, 5.41) is 3.77. The summed E-state index contributed by atoms with van der Waals surface area (Å²) in [5.74, 6) is 1.99. The minimum Gasteiger partial charge on any atom is -0.310 e. The van der Waals surface area contributed by atoms with Crippen LogP contribution < -0.4 is 5.32 Å². The van der Waals surface area contributed by atoms with Crippen molar-refractivity contribution in [2.45, 2.75) is 45.3 Å². The van der Waals surface area contributed by atoms with E-state index in [0.29, 0.717) is 12.1 Å². The molecule has 1 saturated heterocycles. The molecule has 1 aliphatic rings. The Bertz CT molecular complexity index is 186. The van der Waals surface area contributed by atoms with Gasteiger partial charge in [0.2, 0.25) is 0 Å². The number of nitrogens with one attached hydrogen (secondary N) is 1. The molecule has 0 aromatic heterocycles. The van der Waals surface area contributed by atoms with Gasteiger partial charge in [0.15, 0.2) is 0 Å². The predicted octanol–water partition coefficient (Wildman–Crippen LogP) is 2.06. The molecule has 0 bridgehead atoms. The van der Waals surface area contributed by atoms with E-state index in [1.54, 1.807) is 0 Å². The predicted molar refractivity (Wildman–Crippen MR) is 70.6 cm³/mol. The van der Waals surface area contributed by atoms with Gasteiger partial charge in [-0.1, -0.05) is 6.92 Å². The summed E-state index contributed by atoms with van der Waals surface area (Å²) in [6, 6.07) is 2.07. The van der Waals surface area contributed by atoms with Gasteiger partial charge < -0.3 is 10.2 Å². The Morgan fingerprint density at radius 3 is 2.73 bits per heavy atom. The fourth-order valence-corrected chi connectivity index (χ4v) is 3.03. The van der Waals surface area contributed by atoms with Crippen LogP contribution >= 0.6 is 11.8 Å². The molecule has 1 heterocycles. The molecule has 90 valence electrons. The summed E-state index contributed by atoms with van der Waals surface area (Å²) >= 11 is 1.93. The Balaban J connectivity index is 2.40. The third-order valence-corrected chi connectivity index (χ3v) is 4.36. The van der Waals surface area contributed by atoms with Crippen molar-refractivity contribution in [2.24, 2.45) is 5.92 Å². The monoisotopic (exact) mass is 230 g/mol. The van der Waals surface area contributed by atoms with Crippen LogP contribution in [0, 0.1) is 5.92 Å². The molecule has 0 aromatic rings. The number of thioether (sulfide) groups is 1. The first kappa shape index (κ1) is 13.3. The zero-order valence-corrected chi connectivity index (χ0v) is 11.6. The third kappa shape index (κ3) is 3.97. The van der Waals surface area contributed by atoms with E-state index < -0.39 is 0 Å². The Morgan fingerprint density at radius 2 is 2.13 bits per heavy atom. The van der Waals surface area contributed by atoms with Crippen molar-refractivity contribution in [3.63, 3.8) is 0 Å². The molecule has 0 aromatic carbocycles. The maximum atomic E-state index is 3.77. The summed E-state index contributed by atoms with van der Waals surface area (Å²) in [6.07, 6.45) is 3.47. The first-order chi connectivity index (χ1) is 7.04. The van der Waals surface area contributed by atoms with Crippen LogP contribution in [0.1, 0.15) is 27.2 Å². The lowest BCUT2D eigenvalue weighted by molar-refractivity contribution is 0.118. The maximum absolute atomic E-state index is 3.77. The van der Waals surface area contributed by atoms with Gasteiger partial charge in [0.25, 0.3) is 0 Å². The molecule has 1 aliphatic heterocycles. The van der Waals surface area contributed by atoms with Crippen molar-refractivity contribution in [3.8, 4) is 0 Å². The smallest absolute Gasteiger partial charge is 0.0132 e. The van der Waals surface area contributed by atoms with Crippen LogP contribution in [0.5, 0.6) is 0 Å². The van der Waals surface area contributed by atoms with Gasteiger partial charge in [0.1, 0.15) is 0 Å². The van der Waals surface area contributed by atoms with E-state index in [1.807, 2.05) is 11.8 Å². The minimum absolute atomic E-state index is 0.642. The Morgan fingerprint density at radius 1 is 1.47 bits per heavy atom. The zero-order chi connectivity index (χ0) is 11.4. The van der Waals surface area contributed by atoms with Crippen molar-refractivity contribution < 1.29 is 0 Å². The number of hydrogen-bond donors (Lipinski definition) is 1. The summed E-state index contributed by atoms with van der Waals surface area (Å²) in [4.78, 5) is 2.47. The zero-order valence-electron chi connectivity index (χ0n) is 10.8. The van der Waals surface area contributed by atoms with E-state index in [0.717, 1.165) is 12.0 Å². The lowest BCUT2D eigenvalue weighted by Gasteiger charge is -2.41. The number of hydrogen-bond acceptors (Lipinski definition) is 3. The highest BCUT2D eigenvalue weighted by Gasteiger charge is 2.29. The van der Waals surface area contributed by atoms with Gasteiger partial charge >= 0.3 is 0 Å². The van der Waals surface area contributed by atoms with Crippen molar-refractivity contribution in [1.29, 1.82) is 0 Å². The van der Waals surface area contributed by atoms with E-state index in [9.17, 15) is 0 Å². The van der Waals surface area contributed by atoms with E-state index >= 15 is 0 Å². The average Bonchev–Trinajstić information content (AvgIpc) is 2.14. The topological polar surface area (TPSA) is 15.3 Å². The molecule has 1 N–H and O–H groups in total. The first-order valence-corrected chi connectivity index (χ1v) is 7.39. The molecule has 1 fully saturated rings. The standard InChI is InChI=1S/C12H26N2S/c1-9-7-14(4)11(3)6-12(9)13-10(2)8-15-5/h9-13H,6-8H2,1-5H3. The Kier molecular flexibility index (Phi) is 5.44. The van der Waals surface area contributed by atoms with Gasteiger partial charge in [0.05, 0.1) is 0 Å². The van der Waals surface area contributed by atoms with Gasteiger partial charge in [-0.15, -0.1) is 0 Å². The van der Waals surface area contributed by atoms with E-state index in [4.69, 9.17) is 0 Å². The summed E-state index contributed by atoms with van der Waals surface area (Å²) < 4.78 is 0. The highest BCUT2D eigenvalue weighted by molar-refractivity contribution is 7.98. The minimum atomic E-state index is 0.642. The SMILES string of the molecule is CSCC(C)NC1CC(C)N(C)CC1C. The molecule has 4 unspecified atom stereocenters. The van der Waals surface area contributed by atoms with Crippen LogP contribution in [0.15, 0.2) is 0 Å². The van der Waals surface area contributed by atoms with Crippen molar-refractivity contribution in [1.82, 2.24) is 10.2 Å². The second-order valence-electron chi connectivity index (χ2n) is 5.13. The van der Waals surface area contributed by atoms with E-state index in [-0.39, 0.29) is 0 Å². The van der Waals surface area contributed by atoms with Crippen LogP contribution in [0.3, 0.4) is 0 Å². The summed E-state index contributed by atoms with van der Waals surface area (Å²) in [7, 11) is 2.24. The molecule has 15 heavy (non-hydrogen) atoms. The van der Waals surface area contributed by atoms with Gasteiger partial charge in [-0.3, -0.25) is 0 Å². The highest BCUT2D eigenvalue weighted by Crippen LogP contribution is 2.21. The van der Waals surface area contributed by atoms with Crippen molar-refractivity contribution in [2.75, 3.05) is 25.6 Å². The lowest BCUT2D eigenvalue weighted by Crippen LogP contribution is -2.53. The summed E-state index contributed by atoms with van der Waals surface area (Å²) in [5.41, 5.74) is 0. The molecule has 0 saturated carbocycles. The third-order valence-electron chi connectivity index (χ3n) is 3.53. The second-order valence-corrected chi connectivity index (χ2v) is 6.04. The molecular weight excluding hydrogens is 204 g/mol. The fourth-order valence-electron chi connectivity index (χ4n) is 2.44. The quantitative estimate of drug-likeness (QED) is 0.796. The van der Waals surface area contributed by atoms with Crippen LogP contribution in [0.2, 0.25) is 0 Å². The number of piperidine rings is 1. The molecule has 2 nitrogen and oxygen atoms in total. The largest absolute Gasteiger partial charge is 0.310 e. The van der Waals surface area contributed by atoms with E-state index in [1.165, 1.54) is 18.7 Å². The van der Waals surface area contributed by atoms with Gasteiger partial charge in [-0.05, 0) is 39.5 Å². The fraction of sp³-hybridized carbons (Fsp3) is 1.00.